The number of nitro benzene ring substituents is 1. The molecule has 0 bridgehead atoms. The van der Waals surface area contributed by atoms with Crippen molar-refractivity contribution in [2.45, 2.75) is 25.8 Å². The molecule has 1 heterocycles. The van der Waals surface area contributed by atoms with Crippen molar-refractivity contribution in [2.75, 3.05) is 12.4 Å². The summed E-state index contributed by atoms with van der Waals surface area (Å²) in [6, 6.07) is 20.5. The van der Waals surface area contributed by atoms with Gasteiger partial charge in [0.1, 0.15) is 5.75 Å². The quantitative estimate of drug-likeness (QED) is 0.159. The fourth-order valence-corrected chi connectivity index (χ4v) is 4.04. The minimum Gasteiger partial charge on any atom is -0.502 e. The van der Waals surface area contributed by atoms with Gasteiger partial charge in [-0.3, -0.25) is 30.6 Å². The SMILES string of the molecule is COc1ccc(CCC(C)Nc2ccc(-c3ccoc3C(=O)NNC(=O)c3ccc(O)c([N+](=O)[O-])c3)cc2)cc1. The third kappa shape index (κ3) is 6.76. The normalized spacial score (nSPS) is 11.3. The lowest BCUT2D eigenvalue weighted by molar-refractivity contribution is -0.385. The Kier molecular flexibility index (Phi) is 8.65. The van der Waals surface area contributed by atoms with Crippen LogP contribution in [0.25, 0.3) is 11.1 Å². The van der Waals surface area contributed by atoms with Gasteiger partial charge in [-0.1, -0.05) is 24.3 Å². The molecule has 0 aliphatic rings. The third-order valence-corrected chi connectivity index (χ3v) is 6.23. The number of aromatic hydroxyl groups is 1. The summed E-state index contributed by atoms with van der Waals surface area (Å²) in [4.78, 5) is 35.3. The molecule has 206 valence electrons. The van der Waals surface area contributed by atoms with E-state index in [-0.39, 0.29) is 17.4 Å². The molecule has 4 aromatic rings. The highest BCUT2D eigenvalue weighted by molar-refractivity contribution is 6.01. The number of methoxy groups -OCH3 is 1. The molecule has 40 heavy (non-hydrogen) atoms. The van der Waals surface area contributed by atoms with Crippen LogP contribution in [-0.2, 0) is 6.42 Å². The second kappa shape index (κ2) is 12.5. The Morgan fingerprint density at radius 2 is 1.70 bits per heavy atom. The zero-order chi connectivity index (χ0) is 28.6. The number of hydrogen-bond donors (Lipinski definition) is 4. The van der Waals surface area contributed by atoms with Gasteiger partial charge in [-0.15, -0.1) is 0 Å². The molecule has 4 rings (SSSR count). The van der Waals surface area contributed by atoms with Gasteiger partial charge in [0.25, 0.3) is 5.91 Å². The molecule has 0 radical (unpaired) electrons. The van der Waals surface area contributed by atoms with Crippen molar-refractivity contribution in [3.8, 4) is 22.6 Å². The molecule has 0 spiro atoms. The van der Waals surface area contributed by atoms with Crippen LogP contribution in [0, 0.1) is 10.1 Å². The van der Waals surface area contributed by atoms with Gasteiger partial charge in [0.2, 0.25) is 5.76 Å². The Labute approximate surface area is 229 Å². The van der Waals surface area contributed by atoms with E-state index in [0.717, 1.165) is 42.0 Å². The number of benzene rings is 3. The molecule has 1 aromatic heterocycles. The predicted molar refractivity (Wildman–Crippen MR) is 148 cm³/mol. The lowest BCUT2D eigenvalue weighted by Crippen LogP contribution is -2.41. The van der Waals surface area contributed by atoms with Gasteiger partial charge in [-0.05, 0) is 73.4 Å². The summed E-state index contributed by atoms with van der Waals surface area (Å²) in [6.45, 7) is 2.11. The standard InChI is InChI=1S/C29H28N4O7/c1-18(3-4-19-5-12-23(39-2)13-6-19)30-22-10-7-20(8-11-22)24-15-16-40-27(24)29(36)32-31-28(35)21-9-14-26(34)25(17-21)33(37)38/h5-18,30,34H,3-4H2,1-2H3,(H,31,35)(H,32,36). The number of nitrogens with zero attached hydrogens (tertiary/aromatic N) is 1. The van der Waals surface area contributed by atoms with Gasteiger partial charge >= 0.3 is 11.6 Å². The summed E-state index contributed by atoms with van der Waals surface area (Å²) < 4.78 is 10.6. The van der Waals surface area contributed by atoms with E-state index in [1.807, 2.05) is 36.4 Å². The molecule has 0 saturated carbocycles. The number of phenols is 1. The van der Waals surface area contributed by atoms with Crippen LogP contribution >= 0.6 is 0 Å². The Morgan fingerprint density at radius 1 is 1.00 bits per heavy atom. The molecule has 0 aliphatic carbocycles. The van der Waals surface area contributed by atoms with Gasteiger partial charge in [-0.2, -0.15) is 0 Å². The van der Waals surface area contributed by atoms with Crippen LogP contribution in [-0.4, -0.2) is 35.0 Å². The largest absolute Gasteiger partial charge is 0.502 e. The minimum atomic E-state index is -0.816. The number of nitrogens with one attached hydrogen (secondary N) is 3. The number of carbonyl (C=O) groups excluding carboxylic acids is 2. The number of aryl methyl sites for hydroxylation is 1. The van der Waals surface area contributed by atoms with Crippen molar-refractivity contribution in [3.05, 3.63) is 106 Å². The molecule has 4 N–H and O–H groups in total. The number of hydrazine groups is 1. The Bertz CT molecular complexity index is 1500. The van der Waals surface area contributed by atoms with E-state index < -0.39 is 28.2 Å². The van der Waals surface area contributed by atoms with Crippen molar-refractivity contribution in [1.82, 2.24) is 10.9 Å². The zero-order valence-electron chi connectivity index (χ0n) is 21.8. The van der Waals surface area contributed by atoms with E-state index in [1.165, 1.54) is 17.9 Å². The molecule has 11 nitrogen and oxygen atoms in total. The van der Waals surface area contributed by atoms with Crippen molar-refractivity contribution >= 4 is 23.2 Å². The number of hydrogen-bond acceptors (Lipinski definition) is 8. The number of furan rings is 1. The smallest absolute Gasteiger partial charge is 0.311 e. The Balaban J connectivity index is 1.33. The van der Waals surface area contributed by atoms with Crippen molar-refractivity contribution in [1.29, 1.82) is 0 Å². The maximum absolute atomic E-state index is 12.7. The van der Waals surface area contributed by atoms with Crippen LogP contribution in [0.4, 0.5) is 11.4 Å². The number of nitro groups is 1. The summed E-state index contributed by atoms with van der Waals surface area (Å²) in [6.07, 6.45) is 3.22. The highest BCUT2D eigenvalue weighted by Crippen LogP contribution is 2.28. The monoisotopic (exact) mass is 544 g/mol. The number of phenolic OH excluding ortho intramolecular Hbond substituents is 1. The molecule has 0 aliphatic heterocycles. The molecule has 3 aromatic carbocycles. The van der Waals surface area contributed by atoms with Crippen molar-refractivity contribution in [2.24, 2.45) is 0 Å². The number of ether oxygens (including phenoxy) is 1. The molecule has 0 saturated heterocycles. The molecule has 11 heteroatoms. The van der Waals surface area contributed by atoms with Crippen molar-refractivity contribution in [3.63, 3.8) is 0 Å². The zero-order valence-corrected chi connectivity index (χ0v) is 21.8. The highest BCUT2D eigenvalue weighted by atomic mass is 16.6. The fourth-order valence-electron chi connectivity index (χ4n) is 4.04. The number of amides is 2. The topological polar surface area (TPSA) is 156 Å². The van der Waals surface area contributed by atoms with E-state index in [2.05, 4.69) is 35.2 Å². The Hall–Kier alpha value is -5.32. The van der Waals surface area contributed by atoms with Crippen molar-refractivity contribution < 1.29 is 28.8 Å². The molecular formula is C29H28N4O7. The third-order valence-electron chi connectivity index (χ3n) is 6.23. The van der Waals surface area contributed by atoms with E-state index in [1.54, 1.807) is 13.2 Å². The lowest BCUT2D eigenvalue weighted by Gasteiger charge is -2.16. The number of anilines is 1. The maximum atomic E-state index is 12.7. The number of carbonyl (C=O) groups is 2. The van der Waals surface area contributed by atoms with Gasteiger partial charge < -0.3 is 19.6 Å². The summed E-state index contributed by atoms with van der Waals surface area (Å²) in [7, 11) is 1.65. The van der Waals surface area contributed by atoms with E-state index in [0.29, 0.717) is 5.56 Å². The molecule has 1 unspecified atom stereocenters. The molecular weight excluding hydrogens is 516 g/mol. The number of rotatable bonds is 10. The van der Waals surface area contributed by atoms with Crippen LogP contribution < -0.4 is 20.9 Å². The summed E-state index contributed by atoms with van der Waals surface area (Å²) in [5.74, 6) is -1.28. The maximum Gasteiger partial charge on any atom is 0.311 e. The minimum absolute atomic E-state index is 0.0226. The van der Waals surface area contributed by atoms with Crippen LogP contribution in [0.5, 0.6) is 11.5 Å². The first-order chi connectivity index (χ1) is 19.2. The summed E-state index contributed by atoms with van der Waals surface area (Å²) in [5, 5.41) is 24.0. The lowest BCUT2D eigenvalue weighted by atomic mass is 10.0. The molecule has 2 amide bonds. The molecule has 1 atom stereocenters. The Morgan fingerprint density at radius 3 is 2.38 bits per heavy atom. The second-order valence-corrected chi connectivity index (χ2v) is 9.04. The van der Waals surface area contributed by atoms with Gasteiger partial charge in [0.05, 0.1) is 18.3 Å². The van der Waals surface area contributed by atoms with Crippen LogP contribution in [0.1, 0.15) is 39.8 Å². The van der Waals surface area contributed by atoms with Gasteiger partial charge in [0, 0.05) is 28.9 Å². The first-order valence-electron chi connectivity index (χ1n) is 12.4. The van der Waals surface area contributed by atoms with Crippen LogP contribution in [0.2, 0.25) is 0 Å². The molecule has 0 fully saturated rings. The van der Waals surface area contributed by atoms with E-state index >= 15 is 0 Å². The summed E-state index contributed by atoms with van der Waals surface area (Å²) >= 11 is 0. The summed E-state index contributed by atoms with van der Waals surface area (Å²) in [5.41, 5.74) is 7.10. The first-order valence-corrected chi connectivity index (χ1v) is 12.4. The average Bonchev–Trinajstić information content (AvgIpc) is 3.45. The van der Waals surface area contributed by atoms with Gasteiger partial charge in [-0.25, -0.2) is 0 Å². The highest BCUT2D eigenvalue weighted by Gasteiger charge is 2.20. The van der Waals surface area contributed by atoms with Crippen LogP contribution in [0.3, 0.4) is 0 Å². The van der Waals surface area contributed by atoms with E-state index in [9.17, 15) is 24.8 Å². The first kappa shape index (κ1) is 27.7. The second-order valence-electron chi connectivity index (χ2n) is 9.04. The van der Waals surface area contributed by atoms with Gasteiger partial charge in [0.15, 0.2) is 5.75 Å². The average molecular weight is 545 g/mol. The predicted octanol–water partition coefficient (Wildman–Crippen LogP) is 5.08. The fraction of sp³-hybridized carbons (Fsp3) is 0.172. The van der Waals surface area contributed by atoms with E-state index in [4.69, 9.17) is 9.15 Å². The van der Waals surface area contributed by atoms with Crippen LogP contribution in [0.15, 0.2) is 83.5 Å².